The number of H-pyrrole nitrogens is 1. The van der Waals surface area contributed by atoms with Crippen LogP contribution in [0.3, 0.4) is 0 Å². The molecule has 0 fully saturated rings. The molecule has 1 amide bonds. The van der Waals surface area contributed by atoms with Crippen molar-refractivity contribution >= 4 is 23.1 Å². The van der Waals surface area contributed by atoms with Crippen molar-refractivity contribution in [1.82, 2.24) is 15.2 Å². The van der Waals surface area contributed by atoms with Crippen LogP contribution in [0, 0.1) is 0 Å². The fourth-order valence-electron chi connectivity index (χ4n) is 1.95. The van der Waals surface area contributed by atoms with Gasteiger partial charge < -0.3 is 20.3 Å². The molecule has 1 aromatic carbocycles. The van der Waals surface area contributed by atoms with Crippen LogP contribution >= 0.6 is 0 Å². The van der Waals surface area contributed by atoms with Crippen LogP contribution in [0.2, 0.25) is 0 Å². The number of phenols is 1. The Morgan fingerprint density at radius 2 is 2.20 bits per heavy atom. The fraction of sp³-hybridized carbons (Fsp3) is 0.286. The molecule has 0 saturated heterocycles. The Kier molecular flexibility index (Phi) is 4.05. The molecule has 6 nitrogen and oxygen atoms in total. The van der Waals surface area contributed by atoms with Gasteiger partial charge in [0.05, 0.1) is 5.56 Å². The van der Waals surface area contributed by atoms with E-state index in [1.54, 1.807) is 12.1 Å². The standard InChI is InChI=1S/C14H17N3O3/c1-17(2)6-5-15-14(20)12-7-9-10(8-18)13(19)4-3-11(9)16-12/h3-4,7-8,16,19H,5-6H2,1-2H3,(H,15,20). The summed E-state index contributed by atoms with van der Waals surface area (Å²) in [6, 6.07) is 4.63. The summed E-state index contributed by atoms with van der Waals surface area (Å²) in [5.41, 5.74) is 1.20. The molecular formula is C14H17N3O3. The number of likely N-dealkylation sites (N-methyl/N-ethyl adjacent to an activating group) is 1. The molecule has 0 spiro atoms. The maximum Gasteiger partial charge on any atom is 0.267 e. The minimum atomic E-state index is -0.237. The number of carbonyl (C=O) groups is 2. The average Bonchev–Trinajstić information content (AvgIpc) is 2.82. The smallest absolute Gasteiger partial charge is 0.267 e. The Hall–Kier alpha value is -2.34. The summed E-state index contributed by atoms with van der Waals surface area (Å²) in [5.74, 6) is -0.328. The molecule has 2 aromatic rings. The first kappa shape index (κ1) is 14.1. The zero-order valence-electron chi connectivity index (χ0n) is 11.4. The largest absolute Gasteiger partial charge is 0.507 e. The van der Waals surface area contributed by atoms with Gasteiger partial charge in [0.2, 0.25) is 0 Å². The molecule has 6 heteroatoms. The van der Waals surface area contributed by atoms with E-state index in [0.29, 0.717) is 29.4 Å². The van der Waals surface area contributed by atoms with Gasteiger partial charge in [0.15, 0.2) is 6.29 Å². The molecule has 0 aliphatic heterocycles. The molecule has 2 rings (SSSR count). The molecule has 1 heterocycles. The van der Waals surface area contributed by atoms with Crippen LogP contribution < -0.4 is 5.32 Å². The number of nitrogens with one attached hydrogen (secondary N) is 2. The lowest BCUT2D eigenvalue weighted by Gasteiger charge is -2.09. The van der Waals surface area contributed by atoms with E-state index in [0.717, 1.165) is 6.54 Å². The van der Waals surface area contributed by atoms with E-state index in [1.807, 2.05) is 19.0 Å². The third-order valence-corrected chi connectivity index (χ3v) is 3.03. The molecule has 106 valence electrons. The molecule has 0 saturated carbocycles. The van der Waals surface area contributed by atoms with Crippen LogP contribution in [-0.2, 0) is 0 Å². The van der Waals surface area contributed by atoms with E-state index in [-0.39, 0.29) is 17.2 Å². The van der Waals surface area contributed by atoms with Gasteiger partial charge in [-0.15, -0.1) is 0 Å². The number of aromatic amines is 1. The number of aromatic nitrogens is 1. The highest BCUT2D eigenvalue weighted by molar-refractivity contribution is 6.04. The van der Waals surface area contributed by atoms with E-state index in [1.165, 1.54) is 6.07 Å². The molecular weight excluding hydrogens is 258 g/mol. The number of benzene rings is 1. The summed E-state index contributed by atoms with van der Waals surface area (Å²) in [7, 11) is 3.85. The second kappa shape index (κ2) is 5.75. The predicted molar refractivity (Wildman–Crippen MR) is 76.2 cm³/mol. The summed E-state index contributed by atoms with van der Waals surface area (Å²) < 4.78 is 0. The van der Waals surface area contributed by atoms with Crippen molar-refractivity contribution in [1.29, 1.82) is 0 Å². The first-order valence-corrected chi connectivity index (χ1v) is 6.25. The molecule has 20 heavy (non-hydrogen) atoms. The maximum atomic E-state index is 12.0. The molecule has 0 unspecified atom stereocenters. The molecule has 0 aliphatic rings. The highest BCUT2D eigenvalue weighted by Gasteiger charge is 2.13. The van der Waals surface area contributed by atoms with Gasteiger partial charge >= 0.3 is 0 Å². The number of aromatic hydroxyl groups is 1. The fourth-order valence-corrected chi connectivity index (χ4v) is 1.95. The Morgan fingerprint density at radius 3 is 2.85 bits per heavy atom. The monoisotopic (exact) mass is 275 g/mol. The minimum absolute atomic E-state index is 0.0916. The number of hydrogen-bond acceptors (Lipinski definition) is 4. The SMILES string of the molecule is CN(C)CCNC(=O)c1cc2c(C=O)c(O)ccc2[nH]1. The topological polar surface area (TPSA) is 85.4 Å². The first-order chi connectivity index (χ1) is 9.52. The molecule has 1 aromatic heterocycles. The van der Waals surface area contributed by atoms with Crippen molar-refractivity contribution in [2.75, 3.05) is 27.2 Å². The number of aldehydes is 1. The predicted octanol–water partition coefficient (Wildman–Crippen LogP) is 0.977. The van der Waals surface area contributed by atoms with Gasteiger partial charge in [0.1, 0.15) is 11.4 Å². The maximum absolute atomic E-state index is 12.0. The zero-order valence-corrected chi connectivity index (χ0v) is 11.4. The minimum Gasteiger partial charge on any atom is -0.507 e. The van der Waals surface area contributed by atoms with Crippen molar-refractivity contribution in [3.8, 4) is 5.75 Å². The lowest BCUT2D eigenvalue weighted by atomic mass is 10.1. The summed E-state index contributed by atoms with van der Waals surface area (Å²) in [6.45, 7) is 1.28. The van der Waals surface area contributed by atoms with Crippen molar-refractivity contribution in [2.45, 2.75) is 0 Å². The van der Waals surface area contributed by atoms with Crippen LogP contribution in [-0.4, -0.2) is 54.4 Å². The number of hydrogen-bond donors (Lipinski definition) is 3. The van der Waals surface area contributed by atoms with Gasteiger partial charge in [-0.25, -0.2) is 0 Å². The average molecular weight is 275 g/mol. The van der Waals surface area contributed by atoms with E-state index in [2.05, 4.69) is 10.3 Å². The van der Waals surface area contributed by atoms with Crippen molar-refractivity contribution < 1.29 is 14.7 Å². The summed E-state index contributed by atoms with van der Waals surface area (Å²) >= 11 is 0. The number of nitrogens with zero attached hydrogens (tertiary/aromatic N) is 1. The Morgan fingerprint density at radius 1 is 1.45 bits per heavy atom. The molecule has 0 bridgehead atoms. The number of amides is 1. The molecule has 0 atom stereocenters. The first-order valence-electron chi connectivity index (χ1n) is 6.25. The number of phenolic OH excluding ortho intramolecular Hbond substituents is 1. The normalized spacial score (nSPS) is 10.9. The van der Waals surface area contributed by atoms with E-state index < -0.39 is 0 Å². The number of carbonyl (C=O) groups excluding carboxylic acids is 2. The lowest BCUT2D eigenvalue weighted by Crippen LogP contribution is -2.31. The molecule has 0 radical (unpaired) electrons. The van der Waals surface area contributed by atoms with Gasteiger partial charge in [0, 0.05) is 24.0 Å². The van der Waals surface area contributed by atoms with Crippen LogP contribution in [0.25, 0.3) is 10.9 Å². The molecule has 0 aliphatic carbocycles. The van der Waals surface area contributed by atoms with Gasteiger partial charge in [0.25, 0.3) is 5.91 Å². The van der Waals surface area contributed by atoms with Crippen molar-refractivity contribution in [2.24, 2.45) is 0 Å². The highest BCUT2D eigenvalue weighted by Crippen LogP contribution is 2.26. The Labute approximate surface area is 116 Å². The second-order valence-corrected chi connectivity index (χ2v) is 4.82. The summed E-state index contributed by atoms with van der Waals surface area (Å²) in [4.78, 5) is 27.9. The summed E-state index contributed by atoms with van der Waals surface area (Å²) in [6.07, 6.45) is 0.583. The number of rotatable bonds is 5. The van der Waals surface area contributed by atoms with Crippen LogP contribution in [0.4, 0.5) is 0 Å². The van der Waals surface area contributed by atoms with Gasteiger partial charge in [-0.05, 0) is 32.3 Å². The highest BCUT2D eigenvalue weighted by atomic mass is 16.3. The van der Waals surface area contributed by atoms with E-state index in [9.17, 15) is 14.7 Å². The van der Waals surface area contributed by atoms with Crippen molar-refractivity contribution in [3.05, 3.63) is 29.5 Å². The quantitative estimate of drug-likeness (QED) is 0.710. The lowest BCUT2D eigenvalue weighted by molar-refractivity contribution is 0.0946. The van der Waals surface area contributed by atoms with E-state index in [4.69, 9.17) is 0 Å². The van der Waals surface area contributed by atoms with Gasteiger partial charge in [-0.2, -0.15) is 0 Å². The third-order valence-electron chi connectivity index (χ3n) is 3.03. The van der Waals surface area contributed by atoms with Gasteiger partial charge in [-0.3, -0.25) is 9.59 Å². The van der Waals surface area contributed by atoms with Gasteiger partial charge in [-0.1, -0.05) is 0 Å². The third kappa shape index (κ3) is 2.80. The zero-order chi connectivity index (χ0) is 14.7. The van der Waals surface area contributed by atoms with Crippen molar-refractivity contribution in [3.63, 3.8) is 0 Å². The number of fused-ring (bicyclic) bond motifs is 1. The van der Waals surface area contributed by atoms with Crippen LogP contribution in [0.5, 0.6) is 5.75 Å². The van der Waals surface area contributed by atoms with E-state index >= 15 is 0 Å². The Bertz CT molecular complexity index is 646. The summed E-state index contributed by atoms with van der Waals surface area (Å²) in [5, 5.41) is 12.9. The second-order valence-electron chi connectivity index (χ2n) is 4.82. The Balaban J connectivity index is 2.23. The van der Waals surface area contributed by atoms with Crippen LogP contribution in [0.15, 0.2) is 18.2 Å². The van der Waals surface area contributed by atoms with Crippen LogP contribution in [0.1, 0.15) is 20.8 Å². The molecule has 3 N–H and O–H groups in total.